The molecule has 0 radical (unpaired) electrons. The van der Waals surface area contributed by atoms with E-state index in [4.69, 9.17) is 4.42 Å². The quantitative estimate of drug-likeness (QED) is 0.412. The summed E-state index contributed by atoms with van der Waals surface area (Å²) < 4.78 is 10.1. The van der Waals surface area contributed by atoms with E-state index >= 15 is 0 Å². The maximum absolute atomic E-state index is 11.4. The molecule has 0 aliphatic rings. The van der Waals surface area contributed by atoms with Crippen LogP contribution in [-0.4, -0.2) is 23.0 Å². The summed E-state index contributed by atoms with van der Waals surface area (Å²) in [6.45, 7) is 0. The molecule has 0 aliphatic carbocycles. The molecule has 0 saturated heterocycles. The van der Waals surface area contributed by atoms with Crippen molar-refractivity contribution in [3.05, 3.63) is 69.6 Å². The Morgan fingerprint density at radius 1 is 1.21 bits per heavy atom. The Bertz CT molecular complexity index is 941. The van der Waals surface area contributed by atoms with Gasteiger partial charge < -0.3 is 9.15 Å². The molecule has 24 heavy (non-hydrogen) atoms. The number of nitro groups is 1. The number of ether oxygens (including phenoxy) is 1. The second-order valence-corrected chi connectivity index (χ2v) is 4.91. The lowest BCUT2D eigenvalue weighted by Crippen LogP contribution is -2.00. The molecule has 3 rings (SSSR count). The highest BCUT2D eigenvalue weighted by molar-refractivity contribution is 5.89. The van der Waals surface area contributed by atoms with Crippen LogP contribution in [-0.2, 0) is 4.74 Å². The number of carbonyl (C=O) groups excluding carboxylic acids is 1. The third kappa shape index (κ3) is 3.14. The zero-order valence-corrected chi connectivity index (χ0v) is 12.6. The van der Waals surface area contributed by atoms with Crippen LogP contribution in [0.1, 0.15) is 21.8 Å². The summed E-state index contributed by atoms with van der Waals surface area (Å²) in [5, 5.41) is 10.8. The maximum atomic E-state index is 11.4. The Balaban J connectivity index is 1.82. The number of nitrogens with zero attached hydrogens (tertiary/aromatic N) is 2. The fourth-order valence-corrected chi connectivity index (χ4v) is 2.13. The molecule has 7 nitrogen and oxygen atoms in total. The molecule has 0 spiro atoms. The molecule has 0 unspecified atom stereocenters. The van der Waals surface area contributed by atoms with E-state index in [1.54, 1.807) is 36.4 Å². The Kier molecular flexibility index (Phi) is 4.07. The second-order valence-electron chi connectivity index (χ2n) is 4.91. The second kappa shape index (κ2) is 6.33. The zero-order chi connectivity index (χ0) is 17.1. The average Bonchev–Trinajstić information content (AvgIpc) is 3.01. The highest BCUT2D eigenvalue weighted by atomic mass is 16.6. The highest BCUT2D eigenvalue weighted by Gasteiger charge is 2.10. The first kappa shape index (κ1) is 15.4. The summed E-state index contributed by atoms with van der Waals surface area (Å²) in [6, 6.07) is 11.1. The lowest BCUT2D eigenvalue weighted by molar-refractivity contribution is -0.384. The first-order valence-electron chi connectivity index (χ1n) is 6.98. The minimum absolute atomic E-state index is 0.0373. The van der Waals surface area contributed by atoms with Gasteiger partial charge in [0.2, 0.25) is 5.89 Å². The molecular weight excluding hydrogens is 312 g/mol. The summed E-state index contributed by atoms with van der Waals surface area (Å²) in [5.41, 5.74) is 2.16. The summed E-state index contributed by atoms with van der Waals surface area (Å²) in [6.07, 6.45) is 3.42. The smallest absolute Gasteiger partial charge is 0.337 e. The van der Waals surface area contributed by atoms with Gasteiger partial charge in [-0.1, -0.05) is 12.1 Å². The Labute approximate surface area is 136 Å². The molecule has 0 saturated carbocycles. The van der Waals surface area contributed by atoms with E-state index in [9.17, 15) is 14.9 Å². The lowest BCUT2D eigenvalue weighted by Gasteiger charge is -1.98. The van der Waals surface area contributed by atoms with Crippen molar-refractivity contribution in [2.24, 2.45) is 0 Å². The number of aromatic nitrogens is 1. The van der Waals surface area contributed by atoms with Crippen LogP contribution in [0.4, 0.5) is 5.69 Å². The number of rotatable bonds is 4. The van der Waals surface area contributed by atoms with Crippen molar-refractivity contribution < 1.29 is 18.9 Å². The number of fused-ring (bicyclic) bond motifs is 1. The van der Waals surface area contributed by atoms with Crippen molar-refractivity contribution in [2.75, 3.05) is 7.11 Å². The molecule has 1 heterocycles. The fraction of sp³-hybridized carbons (Fsp3) is 0.0588. The van der Waals surface area contributed by atoms with Gasteiger partial charge in [0.25, 0.3) is 5.69 Å². The van der Waals surface area contributed by atoms with Crippen LogP contribution in [0.3, 0.4) is 0 Å². The van der Waals surface area contributed by atoms with Crippen LogP contribution in [0.15, 0.2) is 46.9 Å². The summed E-state index contributed by atoms with van der Waals surface area (Å²) in [5.74, 6) is -0.0615. The van der Waals surface area contributed by atoms with Crippen molar-refractivity contribution in [3.63, 3.8) is 0 Å². The molecular formula is C17H12N2O5. The van der Waals surface area contributed by atoms with E-state index in [1.807, 2.05) is 0 Å². The van der Waals surface area contributed by atoms with Crippen LogP contribution < -0.4 is 0 Å². The monoisotopic (exact) mass is 324 g/mol. The van der Waals surface area contributed by atoms with Gasteiger partial charge in [-0.3, -0.25) is 10.1 Å². The number of hydrogen-bond donors (Lipinski definition) is 0. The normalized spacial score (nSPS) is 11.0. The van der Waals surface area contributed by atoms with Crippen molar-refractivity contribution in [3.8, 4) is 0 Å². The van der Waals surface area contributed by atoms with Gasteiger partial charge in [-0.2, -0.15) is 0 Å². The molecule has 3 aromatic rings. The Morgan fingerprint density at radius 3 is 2.62 bits per heavy atom. The van der Waals surface area contributed by atoms with Gasteiger partial charge in [-0.05, 0) is 29.8 Å². The first-order chi connectivity index (χ1) is 11.6. The van der Waals surface area contributed by atoms with E-state index in [2.05, 4.69) is 9.72 Å². The Hall–Kier alpha value is -3.48. The van der Waals surface area contributed by atoms with Gasteiger partial charge in [0, 0.05) is 18.2 Å². The number of oxazole rings is 1. The van der Waals surface area contributed by atoms with Crippen LogP contribution in [0, 0.1) is 10.1 Å². The molecule has 0 N–H and O–H groups in total. The summed E-state index contributed by atoms with van der Waals surface area (Å²) >= 11 is 0. The average molecular weight is 324 g/mol. The third-order valence-corrected chi connectivity index (χ3v) is 3.35. The number of methoxy groups -OCH3 is 1. The molecule has 0 bridgehead atoms. The van der Waals surface area contributed by atoms with E-state index in [0.29, 0.717) is 22.6 Å². The predicted molar refractivity (Wildman–Crippen MR) is 87.4 cm³/mol. The SMILES string of the molecule is COC(=O)c1ccc(/C=C/c2nc3cc([N+](=O)[O-])ccc3o2)cc1. The molecule has 2 aromatic carbocycles. The van der Waals surface area contributed by atoms with E-state index < -0.39 is 10.9 Å². The number of nitro benzene ring substituents is 1. The van der Waals surface area contributed by atoms with Gasteiger partial charge in [0.05, 0.1) is 17.6 Å². The van der Waals surface area contributed by atoms with Crippen molar-refractivity contribution in [2.45, 2.75) is 0 Å². The van der Waals surface area contributed by atoms with E-state index in [-0.39, 0.29) is 5.69 Å². The molecule has 7 heteroatoms. The van der Waals surface area contributed by atoms with Crippen molar-refractivity contribution >= 4 is 34.9 Å². The van der Waals surface area contributed by atoms with Gasteiger partial charge >= 0.3 is 5.97 Å². The molecule has 1 aromatic heterocycles. The predicted octanol–water partition coefficient (Wildman–Crippen LogP) is 3.69. The van der Waals surface area contributed by atoms with Gasteiger partial charge in [-0.25, -0.2) is 9.78 Å². The van der Waals surface area contributed by atoms with Gasteiger partial charge in [-0.15, -0.1) is 0 Å². The third-order valence-electron chi connectivity index (χ3n) is 3.35. The summed E-state index contributed by atoms with van der Waals surface area (Å²) in [4.78, 5) is 25.8. The highest BCUT2D eigenvalue weighted by Crippen LogP contribution is 2.22. The van der Waals surface area contributed by atoms with Crippen LogP contribution in [0.5, 0.6) is 0 Å². The lowest BCUT2D eigenvalue weighted by atomic mass is 10.1. The van der Waals surface area contributed by atoms with Crippen LogP contribution in [0.25, 0.3) is 23.3 Å². The van der Waals surface area contributed by atoms with Crippen molar-refractivity contribution in [1.29, 1.82) is 0 Å². The van der Waals surface area contributed by atoms with Gasteiger partial charge in [0.1, 0.15) is 5.52 Å². The maximum Gasteiger partial charge on any atom is 0.337 e. The summed E-state index contributed by atoms with van der Waals surface area (Å²) in [7, 11) is 1.33. The minimum atomic E-state index is -0.480. The fourth-order valence-electron chi connectivity index (χ4n) is 2.13. The topological polar surface area (TPSA) is 95.5 Å². The number of carbonyl (C=O) groups is 1. The zero-order valence-electron chi connectivity index (χ0n) is 12.6. The van der Waals surface area contributed by atoms with Crippen LogP contribution in [0.2, 0.25) is 0 Å². The molecule has 0 atom stereocenters. The van der Waals surface area contributed by atoms with Gasteiger partial charge in [0.15, 0.2) is 5.58 Å². The largest absolute Gasteiger partial charge is 0.465 e. The Morgan fingerprint density at radius 2 is 1.96 bits per heavy atom. The minimum Gasteiger partial charge on any atom is -0.465 e. The van der Waals surface area contributed by atoms with Crippen molar-refractivity contribution in [1.82, 2.24) is 4.98 Å². The molecule has 0 amide bonds. The number of esters is 1. The molecule has 120 valence electrons. The number of non-ortho nitro benzene ring substituents is 1. The first-order valence-corrected chi connectivity index (χ1v) is 6.98. The van der Waals surface area contributed by atoms with Crippen LogP contribution >= 0.6 is 0 Å². The molecule has 0 fully saturated rings. The van der Waals surface area contributed by atoms with E-state index in [1.165, 1.54) is 25.3 Å². The molecule has 0 aliphatic heterocycles. The van der Waals surface area contributed by atoms with E-state index in [0.717, 1.165) is 5.56 Å². The standard InChI is InChI=1S/C17H12N2O5/c1-23-17(20)12-5-2-11(3-6-12)4-9-16-18-14-10-13(19(21)22)7-8-15(14)24-16/h2-10H,1H3/b9-4+. The number of hydrogen-bond acceptors (Lipinski definition) is 6. The number of benzene rings is 2.